The molecule has 3 rings (SSSR count). The maximum Gasteiger partial charge on any atom is 0.352 e. The highest BCUT2D eigenvalue weighted by molar-refractivity contribution is 6.30. The highest BCUT2D eigenvalue weighted by atomic mass is 35.5. The summed E-state index contributed by atoms with van der Waals surface area (Å²) < 4.78 is 8.96. The zero-order chi connectivity index (χ0) is 19.6. The Labute approximate surface area is 160 Å². The van der Waals surface area contributed by atoms with E-state index in [9.17, 15) is 4.79 Å². The van der Waals surface area contributed by atoms with Crippen molar-refractivity contribution in [1.82, 2.24) is 24.6 Å². The monoisotopic (exact) mass is 390 g/mol. The fourth-order valence-electron chi connectivity index (χ4n) is 2.36. The van der Waals surface area contributed by atoms with Crippen LogP contribution in [-0.4, -0.2) is 37.6 Å². The van der Waals surface area contributed by atoms with Crippen LogP contribution in [0.4, 0.5) is 10.5 Å². The molecule has 0 atom stereocenters. The average Bonchev–Trinajstić information content (AvgIpc) is 3.26. The lowest BCUT2D eigenvalue weighted by atomic mass is 10.3. The van der Waals surface area contributed by atoms with Gasteiger partial charge in [-0.05, 0) is 24.3 Å². The molecular weight excluding hydrogens is 372 g/mol. The molecule has 0 fully saturated rings. The molecule has 2 amide bonds. The van der Waals surface area contributed by atoms with Crippen molar-refractivity contribution in [2.45, 2.75) is 6.61 Å². The van der Waals surface area contributed by atoms with Gasteiger partial charge in [-0.15, -0.1) is 5.10 Å². The molecule has 0 saturated carbocycles. The number of nitrogens with two attached hydrogens (primary N) is 2. The van der Waals surface area contributed by atoms with Crippen LogP contribution in [0.15, 0.2) is 42.7 Å². The van der Waals surface area contributed by atoms with Crippen molar-refractivity contribution in [3.63, 3.8) is 0 Å². The van der Waals surface area contributed by atoms with Crippen molar-refractivity contribution in [2.24, 2.45) is 18.7 Å². The summed E-state index contributed by atoms with van der Waals surface area (Å²) in [6, 6.07) is 8.39. The van der Waals surface area contributed by atoms with Crippen LogP contribution in [0.1, 0.15) is 5.69 Å². The van der Waals surface area contributed by atoms with Crippen LogP contribution < -0.4 is 21.4 Å². The molecule has 142 valence electrons. The average molecular weight is 391 g/mol. The number of urea groups is 1. The molecule has 0 aliphatic carbocycles. The SMILES string of the molecule is CN(N)C(=O)N(N)c1cnn(C)c1COc1ccn(-c2ccc(Cl)cc2)n1. The van der Waals surface area contributed by atoms with Gasteiger partial charge >= 0.3 is 6.03 Å². The molecule has 10 nitrogen and oxygen atoms in total. The standard InChI is InChI=1S/C16H19ClN8O2/c1-22(18)16(26)25(19)13-9-20-23(2)14(13)10-27-15-7-8-24(21-15)12-5-3-11(17)4-6-12/h3-9H,10,18-19H2,1-2H3. The zero-order valence-corrected chi connectivity index (χ0v) is 15.5. The highest BCUT2D eigenvalue weighted by Gasteiger charge is 2.21. The summed E-state index contributed by atoms with van der Waals surface area (Å²) in [6.45, 7) is 0.110. The van der Waals surface area contributed by atoms with E-state index in [-0.39, 0.29) is 6.61 Å². The normalized spacial score (nSPS) is 10.7. The quantitative estimate of drug-likeness (QED) is 0.386. The number of aryl methyl sites for hydroxylation is 1. The molecular formula is C16H19ClN8O2. The molecule has 11 heteroatoms. The molecule has 0 unspecified atom stereocenters. The Morgan fingerprint density at radius 2 is 1.96 bits per heavy atom. The van der Waals surface area contributed by atoms with Crippen molar-refractivity contribution in [1.29, 1.82) is 0 Å². The van der Waals surface area contributed by atoms with E-state index in [1.165, 1.54) is 13.2 Å². The van der Waals surface area contributed by atoms with Gasteiger partial charge in [-0.3, -0.25) is 9.69 Å². The lowest BCUT2D eigenvalue weighted by Gasteiger charge is -2.20. The third-order valence-electron chi connectivity index (χ3n) is 3.82. The number of rotatable bonds is 5. The van der Waals surface area contributed by atoms with E-state index < -0.39 is 6.03 Å². The minimum absolute atomic E-state index is 0.110. The molecule has 0 aliphatic heterocycles. The zero-order valence-electron chi connectivity index (χ0n) is 14.8. The molecule has 0 spiro atoms. The summed E-state index contributed by atoms with van der Waals surface area (Å²) in [5.74, 6) is 11.7. The first-order valence-corrected chi connectivity index (χ1v) is 8.27. The lowest BCUT2D eigenvalue weighted by molar-refractivity contribution is 0.216. The smallest absolute Gasteiger partial charge is 0.352 e. The first-order valence-electron chi connectivity index (χ1n) is 7.89. The van der Waals surface area contributed by atoms with E-state index >= 15 is 0 Å². The number of nitrogens with zero attached hydrogens (tertiary/aromatic N) is 6. The maximum absolute atomic E-state index is 12.0. The first-order chi connectivity index (χ1) is 12.9. The third-order valence-corrected chi connectivity index (χ3v) is 4.07. The number of hydrogen-bond donors (Lipinski definition) is 2. The fraction of sp³-hybridized carbons (Fsp3) is 0.188. The molecule has 4 N–H and O–H groups in total. The third kappa shape index (κ3) is 4.03. The van der Waals surface area contributed by atoms with Gasteiger partial charge in [0.15, 0.2) is 0 Å². The highest BCUT2D eigenvalue weighted by Crippen LogP contribution is 2.21. The van der Waals surface area contributed by atoms with Gasteiger partial charge in [0.25, 0.3) is 0 Å². The minimum Gasteiger partial charge on any atom is -0.470 e. The van der Waals surface area contributed by atoms with Crippen molar-refractivity contribution in [3.8, 4) is 11.6 Å². The van der Waals surface area contributed by atoms with Gasteiger partial charge in [0, 0.05) is 31.4 Å². The second-order valence-corrected chi connectivity index (χ2v) is 6.16. The van der Waals surface area contributed by atoms with Crippen molar-refractivity contribution in [2.75, 3.05) is 12.1 Å². The van der Waals surface area contributed by atoms with Crippen LogP contribution in [0.3, 0.4) is 0 Å². The Kier molecular flexibility index (Phi) is 5.31. The Morgan fingerprint density at radius 1 is 1.26 bits per heavy atom. The molecule has 2 heterocycles. The van der Waals surface area contributed by atoms with Crippen LogP contribution >= 0.6 is 11.6 Å². The molecule has 0 aliphatic rings. The van der Waals surface area contributed by atoms with Crippen LogP contribution in [0, 0.1) is 0 Å². The van der Waals surface area contributed by atoms with Gasteiger partial charge in [0.2, 0.25) is 5.88 Å². The number of carbonyl (C=O) groups is 1. The van der Waals surface area contributed by atoms with Crippen molar-refractivity contribution < 1.29 is 9.53 Å². The summed E-state index contributed by atoms with van der Waals surface area (Å²) in [7, 11) is 3.12. The first kappa shape index (κ1) is 18.7. The number of halogens is 1. The summed E-state index contributed by atoms with van der Waals surface area (Å²) >= 11 is 5.90. The van der Waals surface area contributed by atoms with Crippen molar-refractivity contribution >= 4 is 23.3 Å². The van der Waals surface area contributed by atoms with Crippen LogP contribution in [0.5, 0.6) is 5.88 Å². The molecule has 0 bridgehead atoms. The number of hydrazine groups is 2. The largest absolute Gasteiger partial charge is 0.470 e. The summed E-state index contributed by atoms with van der Waals surface area (Å²) in [4.78, 5) is 12.0. The van der Waals surface area contributed by atoms with Crippen LogP contribution in [0.25, 0.3) is 5.69 Å². The Bertz CT molecular complexity index is 934. The molecule has 27 heavy (non-hydrogen) atoms. The molecule has 2 aromatic heterocycles. The van der Waals surface area contributed by atoms with Gasteiger partial charge < -0.3 is 4.74 Å². The van der Waals surface area contributed by atoms with Crippen molar-refractivity contribution in [3.05, 3.63) is 53.4 Å². The number of carbonyl (C=O) groups excluding carboxylic acids is 1. The number of amides is 2. The molecule has 3 aromatic rings. The molecule has 0 saturated heterocycles. The Hall–Kier alpha value is -3.08. The number of anilines is 1. The van der Waals surface area contributed by atoms with E-state index in [1.807, 2.05) is 12.1 Å². The van der Waals surface area contributed by atoms with Gasteiger partial charge in [-0.1, -0.05) is 11.6 Å². The van der Waals surface area contributed by atoms with E-state index in [1.54, 1.807) is 40.8 Å². The maximum atomic E-state index is 12.0. The van der Waals surface area contributed by atoms with E-state index in [0.29, 0.717) is 22.3 Å². The fourth-order valence-corrected chi connectivity index (χ4v) is 2.48. The number of ether oxygens (including phenoxy) is 1. The van der Waals surface area contributed by atoms with Crippen LogP contribution in [0.2, 0.25) is 5.02 Å². The van der Waals surface area contributed by atoms with Gasteiger partial charge in [-0.2, -0.15) is 5.10 Å². The second kappa shape index (κ2) is 7.66. The lowest BCUT2D eigenvalue weighted by Crippen LogP contribution is -2.48. The number of benzene rings is 1. The van der Waals surface area contributed by atoms with E-state index in [4.69, 9.17) is 28.0 Å². The number of hydrogen-bond acceptors (Lipinski definition) is 6. The van der Waals surface area contributed by atoms with E-state index in [2.05, 4.69) is 10.2 Å². The Morgan fingerprint density at radius 3 is 2.63 bits per heavy atom. The number of aromatic nitrogens is 4. The topological polar surface area (TPSA) is 120 Å². The minimum atomic E-state index is -0.587. The summed E-state index contributed by atoms with van der Waals surface area (Å²) in [5.41, 5.74) is 1.82. The predicted octanol–water partition coefficient (Wildman–Crippen LogP) is 1.44. The van der Waals surface area contributed by atoms with Crippen LogP contribution in [-0.2, 0) is 13.7 Å². The van der Waals surface area contributed by atoms with Gasteiger partial charge in [0.05, 0.1) is 11.9 Å². The second-order valence-electron chi connectivity index (χ2n) is 5.73. The predicted molar refractivity (Wildman–Crippen MR) is 100 cm³/mol. The summed E-state index contributed by atoms with van der Waals surface area (Å²) in [6.07, 6.45) is 3.23. The van der Waals surface area contributed by atoms with Gasteiger partial charge in [-0.25, -0.2) is 26.2 Å². The molecule has 1 aromatic carbocycles. The van der Waals surface area contributed by atoms with Gasteiger partial charge in [0.1, 0.15) is 18.0 Å². The Balaban J connectivity index is 1.73. The van der Waals surface area contributed by atoms with E-state index in [0.717, 1.165) is 15.7 Å². The molecule has 0 radical (unpaired) electrons. The summed E-state index contributed by atoms with van der Waals surface area (Å²) in [5, 5.41) is 10.9.